The number of amides is 1. The molecule has 0 aliphatic carbocycles. The highest BCUT2D eigenvalue weighted by atomic mass is 32.1. The van der Waals surface area contributed by atoms with Crippen LogP contribution in [0.1, 0.15) is 16.1 Å². The first kappa shape index (κ1) is 15.7. The fourth-order valence-corrected chi connectivity index (χ4v) is 3.42. The van der Waals surface area contributed by atoms with E-state index in [4.69, 9.17) is 10.8 Å². The summed E-state index contributed by atoms with van der Waals surface area (Å²) in [6.45, 7) is 2.21. The van der Waals surface area contributed by atoms with E-state index in [-0.39, 0.29) is 12.3 Å². The summed E-state index contributed by atoms with van der Waals surface area (Å²) in [6.07, 6.45) is 5.42. The van der Waals surface area contributed by atoms with Crippen LogP contribution in [-0.4, -0.2) is 15.4 Å². The summed E-state index contributed by atoms with van der Waals surface area (Å²) in [7, 11) is 0. The molecule has 1 aromatic carbocycles. The predicted molar refractivity (Wildman–Crippen MR) is 88.6 cm³/mol. The standard InChI is InChI=1S/C16H11N3O4S/c1-3-9-18-14-10(2)5-4-6-12(14)24-16(18)17-15(20)11-7-8-13(23-11)19(21)22/h1,4-8H,9H2,2H3. The number of fused-ring (bicyclic) bond motifs is 1. The third-order valence-corrected chi connectivity index (χ3v) is 4.38. The molecule has 0 radical (unpaired) electrons. The Bertz CT molecular complexity index is 1070. The van der Waals surface area contributed by atoms with Crippen LogP contribution in [0.4, 0.5) is 5.88 Å². The van der Waals surface area contributed by atoms with Crippen molar-refractivity contribution in [1.82, 2.24) is 4.57 Å². The molecule has 0 spiro atoms. The SMILES string of the molecule is C#CCn1c(=NC(=O)c2ccc([N+](=O)[O-])o2)sc2cccc(C)c21. The van der Waals surface area contributed by atoms with Gasteiger partial charge >= 0.3 is 11.8 Å². The summed E-state index contributed by atoms with van der Waals surface area (Å²) in [5.74, 6) is 1.16. The number of nitro groups is 1. The average Bonchev–Trinajstić information content (AvgIpc) is 3.14. The summed E-state index contributed by atoms with van der Waals surface area (Å²) in [6, 6.07) is 8.13. The van der Waals surface area contributed by atoms with Crippen LogP contribution in [0.2, 0.25) is 0 Å². The molecule has 0 aliphatic rings. The monoisotopic (exact) mass is 341 g/mol. The van der Waals surface area contributed by atoms with Gasteiger partial charge in [-0.25, -0.2) is 0 Å². The van der Waals surface area contributed by atoms with Gasteiger partial charge in [-0.1, -0.05) is 29.4 Å². The van der Waals surface area contributed by atoms with Gasteiger partial charge in [-0.15, -0.1) is 6.42 Å². The Morgan fingerprint density at radius 3 is 2.92 bits per heavy atom. The Kier molecular flexibility index (Phi) is 4.02. The van der Waals surface area contributed by atoms with Gasteiger partial charge in [0.1, 0.15) is 4.92 Å². The molecule has 8 heteroatoms. The minimum Gasteiger partial charge on any atom is -0.395 e. The van der Waals surface area contributed by atoms with Gasteiger partial charge < -0.3 is 8.98 Å². The number of hydrogen-bond donors (Lipinski definition) is 0. The topological polar surface area (TPSA) is 90.6 Å². The molecule has 24 heavy (non-hydrogen) atoms. The number of carbonyl (C=O) groups excluding carboxylic acids is 1. The number of carbonyl (C=O) groups is 1. The smallest absolute Gasteiger partial charge is 0.395 e. The Labute approximate surface area is 140 Å². The Morgan fingerprint density at radius 2 is 2.25 bits per heavy atom. The number of thiazole rings is 1. The maximum atomic E-state index is 12.2. The molecule has 0 unspecified atom stereocenters. The molecule has 0 saturated heterocycles. The van der Waals surface area contributed by atoms with E-state index >= 15 is 0 Å². The Hall–Kier alpha value is -3.18. The fourth-order valence-electron chi connectivity index (χ4n) is 2.31. The van der Waals surface area contributed by atoms with Crippen LogP contribution in [-0.2, 0) is 6.54 Å². The normalized spacial score (nSPS) is 11.6. The van der Waals surface area contributed by atoms with Gasteiger partial charge in [0.2, 0.25) is 5.76 Å². The molecule has 2 heterocycles. The molecule has 0 bridgehead atoms. The number of benzene rings is 1. The van der Waals surface area contributed by atoms with Crippen LogP contribution < -0.4 is 4.80 Å². The van der Waals surface area contributed by atoms with Crippen molar-refractivity contribution in [2.75, 3.05) is 0 Å². The molecule has 0 aliphatic heterocycles. The van der Waals surface area contributed by atoms with Gasteiger partial charge in [0.05, 0.1) is 22.8 Å². The molecule has 1 amide bonds. The highest BCUT2D eigenvalue weighted by Crippen LogP contribution is 2.21. The zero-order valence-electron chi connectivity index (χ0n) is 12.6. The van der Waals surface area contributed by atoms with Gasteiger partial charge in [-0.3, -0.25) is 14.9 Å². The number of furan rings is 1. The molecule has 3 rings (SSSR count). The van der Waals surface area contributed by atoms with E-state index in [0.29, 0.717) is 4.80 Å². The van der Waals surface area contributed by atoms with Crippen LogP contribution in [0.25, 0.3) is 10.2 Å². The number of nitrogens with zero attached hydrogens (tertiary/aromatic N) is 3. The van der Waals surface area contributed by atoms with Crippen molar-refractivity contribution in [3.63, 3.8) is 0 Å². The molecule has 120 valence electrons. The van der Waals surface area contributed by atoms with E-state index in [1.54, 1.807) is 4.57 Å². The van der Waals surface area contributed by atoms with E-state index < -0.39 is 16.7 Å². The van der Waals surface area contributed by atoms with E-state index in [1.807, 2.05) is 25.1 Å². The molecule has 0 saturated carbocycles. The minimum absolute atomic E-state index is 0.192. The number of aryl methyl sites for hydroxylation is 1. The lowest BCUT2D eigenvalue weighted by molar-refractivity contribution is -0.402. The van der Waals surface area contributed by atoms with Gasteiger partial charge in [0.25, 0.3) is 0 Å². The first-order chi connectivity index (χ1) is 11.5. The highest BCUT2D eigenvalue weighted by molar-refractivity contribution is 7.16. The lowest BCUT2D eigenvalue weighted by Crippen LogP contribution is -2.16. The van der Waals surface area contributed by atoms with Gasteiger partial charge in [0, 0.05) is 0 Å². The number of para-hydroxylation sites is 1. The molecule has 0 N–H and O–H groups in total. The maximum absolute atomic E-state index is 12.2. The summed E-state index contributed by atoms with van der Waals surface area (Å²) in [4.78, 5) is 26.6. The van der Waals surface area contributed by atoms with E-state index in [2.05, 4.69) is 10.9 Å². The molecule has 2 aromatic heterocycles. The van der Waals surface area contributed by atoms with Crippen LogP contribution in [0.5, 0.6) is 0 Å². The molecular weight excluding hydrogens is 330 g/mol. The van der Waals surface area contributed by atoms with Crippen LogP contribution >= 0.6 is 11.3 Å². The van der Waals surface area contributed by atoms with Crippen LogP contribution in [0, 0.1) is 29.4 Å². The number of aromatic nitrogens is 1. The first-order valence-electron chi connectivity index (χ1n) is 6.87. The second-order valence-corrected chi connectivity index (χ2v) is 5.92. The molecule has 0 fully saturated rings. The number of terminal acetylenes is 1. The summed E-state index contributed by atoms with van der Waals surface area (Å²) in [5.41, 5.74) is 1.93. The van der Waals surface area contributed by atoms with E-state index in [9.17, 15) is 14.9 Å². The minimum atomic E-state index is -0.710. The average molecular weight is 341 g/mol. The second kappa shape index (κ2) is 6.14. The maximum Gasteiger partial charge on any atom is 0.433 e. The fraction of sp³-hybridized carbons (Fsp3) is 0.125. The lowest BCUT2D eigenvalue weighted by Gasteiger charge is -2.02. The van der Waals surface area contributed by atoms with Crippen molar-refractivity contribution in [2.24, 2.45) is 4.99 Å². The van der Waals surface area contributed by atoms with Crippen LogP contribution in [0.3, 0.4) is 0 Å². The predicted octanol–water partition coefficient (Wildman–Crippen LogP) is 2.89. The summed E-state index contributed by atoms with van der Waals surface area (Å²) >= 11 is 1.32. The number of rotatable bonds is 3. The largest absolute Gasteiger partial charge is 0.433 e. The van der Waals surface area contributed by atoms with Gasteiger partial charge in [0.15, 0.2) is 4.80 Å². The van der Waals surface area contributed by atoms with Crippen molar-refractivity contribution < 1.29 is 14.1 Å². The first-order valence-corrected chi connectivity index (χ1v) is 7.68. The van der Waals surface area contributed by atoms with E-state index in [0.717, 1.165) is 21.8 Å². The lowest BCUT2D eigenvalue weighted by atomic mass is 10.2. The molecule has 7 nitrogen and oxygen atoms in total. The second-order valence-electron chi connectivity index (χ2n) is 4.91. The van der Waals surface area contributed by atoms with Crippen molar-refractivity contribution >= 4 is 33.3 Å². The zero-order valence-corrected chi connectivity index (χ0v) is 13.4. The quantitative estimate of drug-likeness (QED) is 0.416. The van der Waals surface area contributed by atoms with Crippen molar-refractivity contribution in [3.8, 4) is 12.3 Å². The summed E-state index contributed by atoms with van der Waals surface area (Å²) in [5, 5.41) is 10.6. The Balaban J connectivity index is 2.13. The van der Waals surface area contributed by atoms with E-state index in [1.165, 1.54) is 17.4 Å². The zero-order chi connectivity index (χ0) is 17.3. The third-order valence-electron chi connectivity index (χ3n) is 3.33. The molecule has 3 aromatic rings. The molecule has 0 atom stereocenters. The Morgan fingerprint density at radius 1 is 1.46 bits per heavy atom. The summed E-state index contributed by atoms with van der Waals surface area (Å²) < 4.78 is 7.60. The van der Waals surface area contributed by atoms with Crippen molar-refractivity contribution in [1.29, 1.82) is 0 Å². The molecular formula is C16H11N3O4S. The van der Waals surface area contributed by atoms with Crippen molar-refractivity contribution in [2.45, 2.75) is 13.5 Å². The van der Waals surface area contributed by atoms with Crippen molar-refractivity contribution in [3.05, 3.63) is 56.6 Å². The number of hydrogen-bond acceptors (Lipinski definition) is 5. The van der Waals surface area contributed by atoms with Crippen LogP contribution in [0.15, 0.2) is 39.7 Å². The third kappa shape index (κ3) is 2.73. The van der Waals surface area contributed by atoms with Gasteiger partial charge in [-0.2, -0.15) is 4.99 Å². The highest BCUT2D eigenvalue weighted by Gasteiger charge is 2.17. The van der Waals surface area contributed by atoms with Gasteiger partial charge in [-0.05, 0) is 24.6 Å².